The molecule has 0 bridgehead atoms. The van der Waals surface area contributed by atoms with Gasteiger partial charge in [-0.3, -0.25) is 4.79 Å². The average molecular weight is 308 g/mol. The van der Waals surface area contributed by atoms with Gasteiger partial charge in [0.25, 0.3) is 0 Å². The van der Waals surface area contributed by atoms with Crippen molar-refractivity contribution < 1.29 is 4.79 Å². The standard InChI is InChI=1S/C20H24N2O/c1-15-7-3-4-8-17(15)11-12-21-20(23)14-22-16(2)13-18-9-5-6-10-19(18)22/h3-10,16H,11-14H2,1-2H3,(H,21,23)/t16-/m1/s1. The SMILES string of the molecule is Cc1ccccc1CCNC(=O)CN1c2ccccc2C[C@H]1C. The van der Waals surface area contributed by atoms with Crippen molar-refractivity contribution in [3.63, 3.8) is 0 Å². The molecule has 0 radical (unpaired) electrons. The van der Waals surface area contributed by atoms with Gasteiger partial charge >= 0.3 is 0 Å². The fourth-order valence-corrected chi connectivity index (χ4v) is 3.31. The summed E-state index contributed by atoms with van der Waals surface area (Å²) in [5.74, 6) is 0.0992. The summed E-state index contributed by atoms with van der Waals surface area (Å²) in [6, 6.07) is 17.1. The lowest BCUT2D eigenvalue weighted by Crippen LogP contribution is -2.40. The molecule has 0 saturated carbocycles. The van der Waals surface area contributed by atoms with Gasteiger partial charge in [-0.25, -0.2) is 0 Å². The third kappa shape index (κ3) is 3.55. The Labute approximate surface area is 138 Å². The van der Waals surface area contributed by atoms with Gasteiger partial charge in [0.15, 0.2) is 0 Å². The maximum absolute atomic E-state index is 12.3. The molecule has 1 heterocycles. The first kappa shape index (κ1) is 15.6. The van der Waals surface area contributed by atoms with Crippen molar-refractivity contribution in [2.45, 2.75) is 32.7 Å². The van der Waals surface area contributed by atoms with Crippen LogP contribution in [-0.2, 0) is 17.6 Å². The second-order valence-corrected chi connectivity index (χ2v) is 6.34. The average Bonchev–Trinajstić information content (AvgIpc) is 2.85. The van der Waals surface area contributed by atoms with E-state index < -0.39 is 0 Å². The van der Waals surface area contributed by atoms with E-state index in [4.69, 9.17) is 0 Å². The van der Waals surface area contributed by atoms with Crippen LogP contribution in [0.15, 0.2) is 48.5 Å². The zero-order chi connectivity index (χ0) is 16.2. The van der Waals surface area contributed by atoms with Crippen LogP contribution in [0.2, 0.25) is 0 Å². The summed E-state index contributed by atoms with van der Waals surface area (Å²) in [7, 11) is 0. The zero-order valence-electron chi connectivity index (χ0n) is 13.9. The van der Waals surface area contributed by atoms with Crippen LogP contribution in [0.1, 0.15) is 23.6 Å². The van der Waals surface area contributed by atoms with Gasteiger partial charge in [0.05, 0.1) is 6.54 Å². The molecule has 2 aromatic rings. The number of aryl methyl sites for hydroxylation is 1. The molecule has 0 spiro atoms. The van der Waals surface area contributed by atoms with Crippen LogP contribution in [0.5, 0.6) is 0 Å². The third-order valence-corrected chi connectivity index (χ3v) is 4.64. The molecule has 1 amide bonds. The van der Waals surface area contributed by atoms with Crippen molar-refractivity contribution in [2.24, 2.45) is 0 Å². The van der Waals surface area contributed by atoms with Crippen molar-refractivity contribution in [1.29, 1.82) is 0 Å². The molecule has 0 aromatic heterocycles. The molecule has 3 rings (SSSR count). The number of hydrogen-bond donors (Lipinski definition) is 1. The number of carbonyl (C=O) groups is 1. The van der Waals surface area contributed by atoms with Crippen LogP contribution < -0.4 is 10.2 Å². The molecule has 3 nitrogen and oxygen atoms in total. The molecule has 1 atom stereocenters. The highest BCUT2D eigenvalue weighted by molar-refractivity contribution is 5.82. The molecule has 1 aliphatic rings. The maximum atomic E-state index is 12.3. The van der Waals surface area contributed by atoms with E-state index in [1.807, 2.05) is 18.2 Å². The molecular formula is C20H24N2O. The van der Waals surface area contributed by atoms with Crippen molar-refractivity contribution in [1.82, 2.24) is 5.32 Å². The van der Waals surface area contributed by atoms with Gasteiger partial charge in [-0.05, 0) is 49.4 Å². The van der Waals surface area contributed by atoms with Gasteiger partial charge in [0, 0.05) is 18.3 Å². The largest absolute Gasteiger partial charge is 0.359 e. The summed E-state index contributed by atoms with van der Waals surface area (Å²) in [5.41, 5.74) is 5.12. The lowest BCUT2D eigenvalue weighted by atomic mass is 10.1. The van der Waals surface area contributed by atoms with Crippen LogP contribution in [0, 0.1) is 6.92 Å². The first-order valence-corrected chi connectivity index (χ1v) is 8.31. The zero-order valence-corrected chi connectivity index (χ0v) is 13.9. The number of nitrogens with zero attached hydrogens (tertiary/aromatic N) is 1. The van der Waals surface area contributed by atoms with Gasteiger partial charge in [-0.15, -0.1) is 0 Å². The van der Waals surface area contributed by atoms with Gasteiger partial charge in [0.1, 0.15) is 0 Å². The minimum absolute atomic E-state index is 0.0992. The summed E-state index contributed by atoms with van der Waals surface area (Å²) in [6.07, 6.45) is 1.90. The van der Waals surface area contributed by atoms with Crippen LogP contribution in [0.25, 0.3) is 0 Å². The molecule has 23 heavy (non-hydrogen) atoms. The summed E-state index contributed by atoms with van der Waals surface area (Å²) >= 11 is 0. The second-order valence-electron chi connectivity index (χ2n) is 6.34. The molecule has 1 aliphatic heterocycles. The Hall–Kier alpha value is -2.29. The van der Waals surface area contributed by atoms with Crippen LogP contribution in [0.3, 0.4) is 0 Å². The maximum Gasteiger partial charge on any atom is 0.239 e. The molecule has 3 heteroatoms. The predicted molar refractivity (Wildman–Crippen MR) is 94.8 cm³/mol. The molecule has 120 valence electrons. The van der Waals surface area contributed by atoms with E-state index in [0.29, 0.717) is 19.1 Å². The molecule has 1 N–H and O–H groups in total. The van der Waals surface area contributed by atoms with E-state index in [1.165, 1.54) is 22.4 Å². The van der Waals surface area contributed by atoms with Crippen molar-refractivity contribution in [2.75, 3.05) is 18.0 Å². The molecule has 0 unspecified atom stereocenters. The van der Waals surface area contributed by atoms with E-state index in [9.17, 15) is 4.79 Å². The number of anilines is 1. The predicted octanol–water partition coefficient (Wildman–Crippen LogP) is 3.10. The van der Waals surface area contributed by atoms with Gasteiger partial charge < -0.3 is 10.2 Å². The van der Waals surface area contributed by atoms with E-state index in [1.54, 1.807) is 0 Å². The number of benzene rings is 2. The lowest BCUT2D eigenvalue weighted by molar-refractivity contribution is -0.119. The molecule has 2 aromatic carbocycles. The monoisotopic (exact) mass is 308 g/mol. The second kappa shape index (κ2) is 6.86. The Morgan fingerprint density at radius 3 is 2.74 bits per heavy atom. The van der Waals surface area contributed by atoms with Crippen LogP contribution >= 0.6 is 0 Å². The van der Waals surface area contributed by atoms with Gasteiger partial charge in [0.2, 0.25) is 5.91 Å². The quantitative estimate of drug-likeness (QED) is 0.920. The fraction of sp³-hybridized carbons (Fsp3) is 0.350. The topological polar surface area (TPSA) is 32.3 Å². The molecule has 0 fully saturated rings. The highest BCUT2D eigenvalue weighted by atomic mass is 16.2. The first-order chi connectivity index (χ1) is 11.1. The Morgan fingerprint density at radius 2 is 1.91 bits per heavy atom. The Balaban J connectivity index is 1.53. The number of rotatable bonds is 5. The van der Waals surface area contributed by atoms with Crippen molar-refractivity contribution >= 4 is 11.6 Å². The Morgan fingerprint density at radius 1 is 1.17 bits per heavy atom. The van der Waals surface area contributed by atoms with Crippen molar-refractivity contribution in [3.05, 3.63) is 65.2 Å². The minimum atomic E-state index is 0.0992. The highest BCUT2D eigenvalue weighted by Crippen LogP contribution is 2.31. The van der Waals surface area contributed by atoms with E-state index in [2.05, 4.69) is 54.4 Å². The number of nitrogens with one attached hydrogen (secondary N) is 1. The summed E-state index contributed by atoms with van der Waals surface area (Å²) in [5, 5.41) is 3.06. The minimum Gasteiger partial charge on any atom is -0.359 e. The fourth-order valence-electron chi connectivity index (χ4n) is 3.31. The van der Waals surface area contributed by atoms with Gasteiger partial charge in [-0.2, -0.15) is 0 Å². The summed E-state index contributed by atoms with van der Waals surface area (Å²) < 4.78 is 0. The summed E-state index contributed by atoms with van der Waals surface area (Å²) in [4.78, 5) is 14.5. The summed E-state index contributed by atoms with van der Waals surface area (Å²) in [6.45, 7) is 5.42. The number of carbonyl (C=O) groups excluding carboxylic acids is 1. The highest BCUT2D eigenvalue weighted by Gasteiger charge is 2.26. The number of fused-ring (bicyclic) bond motifs is 1. The molecule has 0 aliphatic carbocycles. The number of hydrogen-bond acceptors (Lipinski definition) is 2. The third-order valence-electron chi connectivity index (χ3n) is 4.64. The van der Waals surface area contributed by atoms with Crippen LogP contribution in [0.4, 0.5) is 5.69 Å². The normalized spacial score (nSPS) is 16.3. The lowest BCUT2D eigenvalue weighted by Gasteiger charge is -2.24. The van der Waals surface area contributed by atoms with E-state index in [0.717, 1.165) is 12.8 Å². The smallest absolute Gasteiger partial charge is 0.239 e. The van der Waals surface area contributed by atoms with E-state index >= 15 is 0 Å². The van der Waals surface area contributed by atoms with Gasteiger partial charge in [-0.1, -0.05) is 42.5 Å². The Kier molecular flexibility index (Phi) is 4.65. The van der Waals surface area contributed by atoms with Crippen molar-refractivity contribution in [3.8, 4) is 0 Å². The van der Waals surface area contributed by atoms with Crippen LogP contribution in [-0.4, -0.2) is 25.0 Å². The molecule has 0 saturated heterocycles. The number of para-hydroxylation sites is 1. The first-order valence-electron chi connectivity index (χ1n) is 8.31. The Bertz CT molecular complexity index is 696. The van der Waals surface area contributed by atoms with E-state index in [-0.39, 0.29) is 5.91 Å². The number of amides is 1. The molecular weight excluding hydrogens is 284 g/mol.